The maximum atomic E-state index is 12.9. The predicted molar refractivity (Wildman–Crippen MR) is 106 cm³/mol. The third-order valence-corrected chi connectivity index (χ3v) is 5.45. The minimum atomic E-state index is -0.351. The molecule has 0 spiro atoms. The van der Waals surface area contributed by atoms with Crippen molar-refractivity contribution in [3.63, 3.8) is 0 Å². The summed E-state index contributed by atoms with van der Waals surface area (Å²) in [6, 6.07) is 10.0. The van der Waals surface area contributed by atoms with Crippen LogP contribution in [0.25, 0.3) is 11.2 Å². The lowest BCUT2D eigenvalue weighted by molar-refractivity contribution is 0.439. The van der Waals surface area contributed by atoms with Crippen molar-refractivity contribution in [1.29, 1.82) is 0 Å². The molecule has 27 heavy (non-hydrogen) atoms. The summed E-state index contributed by atoms with van der Waals surface area (Å²) in [7, 11) is 3.19. The van der Waals surface area contributed by atoms with Gasteiger partial charge in [-0.3, -0.25) is 18.5 Å². The second-order valence-electron chi connectivity index (χ2n) is 7.55. The highest BCUT2D eigenvalue weighted by molar-refractivity contribution is 5.74. The molecule has 0 amide bonds. The first-order valence-electron chi connectivity index (χ1n) is 9.42. The van der Waals surface area contributed by atoms with Gasteiger partial charge in [0, 0.05) is 27.2 Å². The second-order valence-corrected chi connectivity index (χ2v) is 7.55. The van der Waals surface area contributed by atoms with E-state index >= 15 is 0 Å². The van der Waals surface area contributed by atoms with Gasteiger partial charge in [-0.05, 0) is 24.3 Å². The Kier molecular flexibility index (Phi) is 4.37. The van der Waals surface area contributed by atoms with Crippen LogP contribution in [0.5, 0.6) is 0 Å². The van der Waals surface area contributed by atoms with Crippen molar-refractivity contribution >= 4 is 17.1 Å². The minimum Gasteiger partial charge on any atom is -0.342 e. The molecule has 1 atom stereocenters. The van der Waals surface area contributed by atoms with Gasteiger partial charge >= 0.3 is 5.69 Å². The van der Waals surface area contributed by atoms with Crippen LogP contribution in [0.3, 0.4) is 0 Å². The molecule has 1 fully saturated rings. The van der Waals surface area contributed by atoms with Crippen LogP contribution in [0.4, 0.5) is 5.95 Å². The molecule has 1 aromatic carbocycles. The van der Waals surface area contributed by atoms with Crippen LogP contribution in [0.2, 0.25) is 0 Å². The molecule has 7 nitrogen and oxygen atoms in total. The number of aryl methyl sites for hydroxylation is 1. The van der Waals surface area contributed by atoms with E-state index in [4.69, 9.17) is 4.98 Å². The Morgan fingerprint density at radius 3 is 2.56 bits per heavy atom. The molecule has 2 aromatic heterocycles. The van der Waals surface area contributed by atoms with Crippen molar-refractivity contribution in [3.8, 4) is 0 Å². The fraction of sp³-hybridized carbons (Fsp3) is 0.450. The summed E-state index contributed by atoms with van der Waals surface area (Å²) in [5.74, 6) is 1.36. The lowest BCUT2D eigenvalue weighted by Gasteiger charge is -2.32. The summed E-state index contributed by atoms with van der Waals surface area (Å²) in [5.41, 5.74) is 1.38. The van der Waals surface area contributed by atoms with Gasteiger partial charge in [0.05, 0.1) is 6.54 Å². The van der Waals surface area contributed by atoms with Crippen molar-refractivity contribution in [1.82, 2.24) is 18.7 Å². The van der Waals surface area contributed by atoms with Gasteiger partial charge in [-0.15, -0.1) is 0 Å². The maximum Gasteiger partial charge on any atom is 0.332 e. The summed E-state index contributed by atoms with van der Waals surface area (Å²) in [5, 5.41) is 0. The fourth-order valence-corrected chi connectivity index (χ4v) is 3.96. The van der Waals surface area contributed by atoms with E-state index in [-0.39, 0.29) is 11.2 Å². The molecular weight excluding hydrogens is 342 g/mol. The van der Waals surface area contributed by atoms with Crippen molar-refractivity contribution in [2.75, 3.05) is 18.0 Å². The van der Waals surface area contributed by atoms with Gasteiger partial charge in [-0.2, -0.15) is 4.98 Å². The van der Waals surface area contributed by atoms with Gasteiger partial charge in [0.25, 0.3) is 5.56 Å². The van der Waals surface area contributed by atoms with E-state index in [9.17, 15) is 9.59 Å². The number of benzene rings is 1. The van der Waals surface area contributed by atoms with Crippen LogP contribution < -0.4 is 16.1 Å². The van der Waals surface area contributed by atoms with Gasteiger partial charge in [-0.1, -0.05) is 37.3 Å². The average molecular weight is 367 g/mol. The quantitative estimate of drug-likeness (QED) is 0.707. The SMILES string of the molecule is C[C@H]1CCCN(c2nc3c(c(=O)n(C)c(=O)n3C)n2Cc2ccccc2)C1. The summed E-state index contributed by atoms with van der Waals surface area (Å²) < 4.78 is 4.60. The van der Waals surface area contributed by atoms with Crippen LogP contribution in [0.1, 0.15) is 25.3 Å². The number of nitrogens with zero attached hydrogens (tertiary/aromatic N) is 5. The van der Waals surface area contributed by atoms with E-state index in [2.05, 4.69) is 11.8 Å². The minimum absolute atomic E-state index is 0.298. The highest BCUT2D eigenvalue weighted by Gasteiger charge is 2.25. The van der Waals surface area contributed by atoms with E-state index in [1.165, 1.54) is 18.0 Å². The molecule has 0 bridgehead atoms. The first-order valence-corrected chi connectivity index (χ1v) is 9.42. The number of anilines is 1. The van der Waals surface area contributed by atoms with E-state index in [1.54, 1.807) is 7.05 Å². The lowest BCUT2D eigenvalue weighted by atomic mass is 10.0. The van der Waals surface area contributed by atoms with Crippen molar-refractivity contribution in [2.45, 2.75) is 26.3 Å². The number of rotatable bonds is 3. The topological polar surface area (TPSA) is 65.1 Å². The molecule has 0 unspecified atom stereocenters. The smallest absolute Gasteiger partial charge is 0.332 e. The summed E-state index contributed by atoms with van der Waals surface area (Å²) >= 11 is 0. The third kappa shape index (κ3) is 2.97. The van der Waals surface area contributed by atoms with Crippen LogP contribution in [0, 0.1) is 5.92 Å². The molecule has 0 radical (unpaired) electrons. The van der Waals surface area contributed by atoms with Crippen molar-refractivity contribution in [2.24, 2.45) is 20.0 Å². The largest absolute Gasteiger partial charge is 0.342 e. The van der Waals surface area contributed by atoms with E-state index in [0.29, 0.717) is 23.6 Å². The summed E-state index contributed by atoms with van der Waals surface area (Å²) in [6.45, 7) is 4.61. The first kappa shape index (κ1) is 17.6. The number of hydrogen-bond donors (Lipinski definition) is 0. The Hall–Kier alpha value is -2.83. The van der Waals surface area contributed by atoms with Gasteiger partial charge in [0.1, 0.15) is 0 Å². The first-order chi connectivity index (χ1) is 13.0. The number of fused-ring (bicyclic) bond motifs is 1. The van der Waals surface area contributed by atoms with Crippen LogP contribution in [-0.2, 0) is 20.6 Å². The summed E-state index contributed by atoms with van der Waals surface area (Å²) in [4.78, 5) is 32.3. The normalized spacial score (nSPS) is 17.6. The van der Waals surface area contributed by atoms with Gasteiger partial charge < -0.3 is 4.90 Å². The number of aromatic nitrogens is 4. The standard InChI is InChI=1S/C20H25N5O2/c1-14-8-7-11-24(12-14)19-21-17-16(18(26)23(3)20(27)22(17)2)25(19)13-15-9-5-4-6-10-15/h4-6,9-10,14H,7-8,11-13H2,1-3H3/t14-/m0/s1. The summed E-state index contributed by atoms with van der Waals surface area (Å²) in [6.07, 6.45) is 2.31. The van der Waals surface area contributed by atoms with Crippen LogP contribution >= 0.6 is 0 Å². The number of hydrogen-bond acceptors (Lipinski definition) is 4. The molecule has 1 aliphatic heterocycles. The van der Waals surface area contributed by atoms with Gasteiger partial charge in [0.15, 0.2) is 11.2 Å². The van der Waals surface area contributed by atoms with Crippen LogP contribution in [-0.4, -0.2) is 31.8 Å². The maximum absolute atomic E-state index is 12.9. The number of piperidine rings is 1. The Labute approximate surface area is 157 Å². The highest BCUT2D eigenvalue weighted by atomic mass is 16.2. The lowest BCUT2D eigenvalue weighted by Crippen LogP contribution is -2.38. The number of imidazole rings is 1. The molecule has 142 valence electrons. The molecule has 0 aliphatic carbocycles. The molecule has 4 rings (SSSR count). The average Bonchev–Trinajstić information content (AvgIpc) is 3.05. The highest BCUT2D eigenvalue weighted by Crippen LogP contribution is 2.26. The van der Waals surface area contributed by atoms with Crippen molar-refractivity contribution in [3.05, 3.63) is 56.7 Å². The Balaban J connectivity index is 1.97. The molecule has 1 saturated heterocycles. The molecule has 0 N–H and O–H groups in total. The Morgan fingerprint density at radius 1 is 1.11 bits per heavy atom. The Morgan fingerprint density at radius 2 is 1.85 bits per heavy atom. The van der Waals surface area contributed by atoms with E-state index in [0.717, 1.165) is 35.6 Å². The molecule has 7 heteroatoms. The zero-order valence-corrected chi connectivity index (χ0v) is 16.1. The van der Waals surface area contributed by atoms with Gasteiger partial charge in [0.2, 0.25) is 5.95 Å². The fourth-order valence-electron chi connectivity index (χ4n) is 3.96. The monoisotopic (exact) mass is 367 g/mol. The molecule has 3 aromatic rings. The van der Waals surface area contributed by atoms with Gasteiger partial charge in [-0.25, -0.2) is 4.79 Å². The zero-order valence-electron chi connectivity index (χ0n) is 16.1. The zero-order chi connectivity index (χ0) is 19.1. The Bertz CT molecular complexity index is 1090. The second kappa shape index (κ2) is 6.72. The third-order valence-electron chi connectivity index (χ3n) is 5.45. The van der Waals surface area contributed by atoms with Crippen LogP contribution in [0.15, 0.2) is 39.9 Å². The van der Waals surface area contributed by atoms with E-state index < -0.39 is 0 Å². The van der Waals surface area contributed by atoms with Crippen molar-refractivity contribution < 1.29 is 0 Å². The molecular formula is C20H25N5O2. The van der Waals surface area contributed by atoms with E-state index in [1.807, 2.05) is 34.9 Å². The molecule has 0 saturated carbocycles. The molecule has 1 aliphatic rings. The molecule has 3 heterocycles. The predicted octanol–water partition coefficient (Wildman–Crippen LogP) is 1.72.